The fourth-order valence-electron chi connectivity index (χ4n) is 2.66. The Morgan fingerprint density at radius 2 is 2.10 bits per heavy atom. The molecule has 1 atom stereocenters. The Labute approximate surface area is 120 Å². The summed E-state index contributed by atoms with van der Waals surface area (Å²) < 4.78 is 0. The number of carbonyl (C=O) groups excluding carboxylic acids is 1. The van der Waals surface area contributed by atoms with E-state index < -0.39 is 0 Å². The van der Waals surface area contributed by atoms with E-state index in [-0.39, 0.29) is 11.7 Å². The molecule has 1 unspecified atom stereocenters. The zero-order valence-electron chi connectivity index (χ0n) is 12.2. The average molecular weight is 270 g/mol. The first kappa shape index (κ1) is 14.7. The Balaban J connectivity index is 2.23. The smallest absolute Gasteiger partial charge is 0.163 e. The second-order valence-corrected chi connectivity index (χ2v) is 5.76. The summed E-state index contributed by atoms with van der Waals surface area (Å²) >= 11 is 0. The number of pyridine rings is 1. The van der Waals surface area contributed by atoms with Gasteiger partial charge in [-0.25, -0.2) is 0 Å². The van der Waals surface area contributed by atoms with Crippen molar-refractivity contribution in [2.24, 2.45) is 17.6 Å². The lowest BCUT2D eigenvalue weighted by atomic mass is 9.89. The topological polar surface area (TPSA) is 56.0 Å². The van der Waals surface area contributed by atoms with Gasteiger partial charge in [-0.05, 0) is 36.3 Å². The molecule has 0 amide bonds. The van der Waals surface area contributed by atoms with E-state index in [0.717, 1.165) is 22.8 Å². The summed E-state index contributed by atoms with van der Waals surface area (Å²) in [7, 11) is 0. The molecule has 0 aliphatic carbocycles. The molecule has 0 bridgehead atoms. The van der Waals surface area contributed by atoms with Gasteiger partial charge in [0, 0.05) is 29.8 Å². The summed E-state index contributed by atoms with van der Waals surface area (Å²) in [6, 6.07) is 7.74. The predicted molar refractivity (Wildman–Crippen MR) is 82.7 cm³/mol. The summed E-state index contributed by atoms with van der Waals surface area (Å²) in [6.45, 7) is 4.89. The summed E-state index contributed by atoms with van der Waals surface area (Å²) in [5.41, 5.74) is 6.56. The molecule has 20 heavy (non-hydrogen) atoms. The van der Waals surface area contributed by atoms with E-state index in [0.29, 0.717) is 18.9 Å². The van der Waals surface area contributed by atoms with E-state index in [9.17, 15) is 4.79 Å². The molecular formula is C17H22N2O. The van der Waals surface area contributed by atoms with Crippen molar-refractivity contribution in [1.82, 2.24) is 4.98 Å². The molecule has 0 radical (unpaired) electrons. The highest BCUT2D eigenvalue weighted by atomic mass is 16.1. The minimum atomic E-state index is 0.166. The number of nitrogens with zero attached hydrogens (tertiary/aromatic N) is 1. The molecule has 2 aromatic rings. The lowest BCUT2D eigenvalue weighted by Gasteiger charge is -2.16. The third-order valence-corrected chi connectivity index (χ3v) is 3.60. The van der Waals surface area contributed by atoms with Crippen LogP contribution in [0.3, 0.4) is 0 Å². The molecule has 1 aromatic carbocycles. The first-order chi connectivity index (χ1) is 9.61. The Hall–Kier alpha value is -1.74. The van der Waals surface area contributed by atoms with E-state index >= 15 is 0 Å². The van der Waals surface area contributed by atoms with Crippen LogP contribution in [0.1, 0.15) is 37.0 Å². The zero-order chi connectivity index (χ0) is 14.5. The third kappa shape index (κ3) is 3.42. The normalized spacial score (nSPS) is 12.8. The van der Waals surface area contributed by atoms with Crippen LogP contribution >= 0.6 is 0 Å². The van der Waals surface area contributed by atoms with Crippen LogP contribution in [-0.4, -0.2) is 17.3 Å². The SMILES string of the molecule is CC(C)CC(CN)CC(=O)c1cccc2ccncc12. The van der Waals surface area contributed by atoms with E-state index in [1.807, 2.05) is 24.3 Å². The average Bonchev–Trinajstić information content (AvgIpc) is 2.45. The van der Waals surface area contributed by atoms with Crippen LogP contribution in [0.4, 0.5) is 0 Å². The maximum Gasteiger partial charge on any atom is 0.163 e. The van der Waals surface area contributed by atoms with Gasteiger partial charge in [-0.3, -0.25) is 9.78 Å². The Morgan fingerprint density at radius 1 is 1.30 bits per heavy atom. The van der Waals surface area contributed by atoms with Crippen LogP contribution in [0.15, 0.2) is 36.7 Å². The highest BCUT2D eigenvalue weighted by Gasteiger charge is 2.17. The highest BCUT2D eigenvalue weighted by molar-refractivity contribution is 6.07. The van der Waals surface area contributed by atoms with Crippen molar-refractivity contribution in [2.45, 2.75) is 26.7 Å². The Kier molecular flexibility index (Phi) is 4.85. The summed E-state index contributed by atoms with van der Waals surface area (Å²) in [5.74, 6) is 0.986. The van der Waals surface area contributed by atoms with Gasteiger partial charge in [-0.15, -0.1) is 0 Å². The molecule has 1 heterocycles. The minimum Gasteiger partial charge on any atom is -0.330 e. The van der Waals surface area contributed by atoms with E-state index in [4.69, 9.17) is 5.73 Å². The number of hydrogen-bond donors (Lipinski definition) is 1. The van der Waals surface area contributed by atoms with Gasteiger partial charge < -0.3 is 5.73 Å². The van der Waals surface area contributed by atoms with Crippen LogP contribution in [0, 0.1) is 11.8 Å². The molecule has 0 saturated carbocycles. The van der Waals surface area contributed by atoms with Gasteiger partial charge in [0.05, 0.1) is 0 Å². The summed E-state index contributed by atoms with van der Waals surface area (Å²) in [5, 5.41) is 1.99. The lowest BCUT2D eigenvalue weighted by Crippen LogP contribution is -2.20. The summed E-state index contributed by atoms with van der Waals surface area (Å²) in [4.78, 5) is 16.7. The molecule has 3 heteroatoms. The molecule has 106 valence electrons. The fraction of sp³-hybridized carbons (Fsp3) is 0.412. The van der Waals surface area contributed by atoms with E-state index in [2.05, 4.69) is 18.8 Å². The number of hydrogen-bond acceptors (Lipinski definition) is 3. The first-order valence-corrected chi connectivity index (χ1v) is 7.17. The molecule has 2 N–H and O–H groups in total. The van der Waals surface area contributed by atoms with Crippen LogP contribution < -0.4 is 5.73 Å². The molecule has 0 saturated heterocycles. The first-order valence-electron chi connectivity index (χ1n) is 7.17. The zero-order valence-corrected chi connectivity index (χ0v) is 12.2. The van der Waals surface area contributed by atoms with Crippen molar-refractivity contribution in [3.63, 3.8) is 0 Å². The number of ketones is 1. The molecular weight excluding hydrogens is 248 g/mol. The van der Waals surface area contributed by atoms with Crippen molar-refractivity contribution in [3.8, 4) is 0 Å². The largest absolute Gasteiger partial charge is 0.330 e. The minimum absolute atomic E-state index is 0.166. The maximum atomic E-state index is 12.5. The van der Waals surface area contributed by atoms with Crippen molar-refractivity contribution in [3.05, 3.63) is 42.2 Å². The molecule has 0 fully saturated rings. The van der Waals surface area contributed by atoms with E-state index in [1.54, 1.807) is 12.4 Å². The maximum absolute atomic E-state index is 12.5. The highest BCUT2D eigenvalue weighted by Crippen LogP contribution is 2.22. The summed E-state index contributed by atoms with van der Waals surface area (Å²) in [6.07, 6.45) is 5.02. The van der Waals surface area contributed by atoms with Crippen LogP contribution in [0.2, 0.25) is 0 Å². The Morgan fingerprint density at radius 3 is 2.80 bits per heavy atom. The van der Waals surface area contributed by atoms with Crippen LogP contribution in [0.25, 0.3) is 10.8 Å². The monoisotopic (exact) mass is 270 g/mol. The molecule has 0 spiro atoms. The van der Waals surface area contributed by atoms with Crippen LogP contribution in [0.5, 0.6) is 0 Å². The van der Waals surface area contributed by atoms with E-state index in [1.165, 1.54) is 0 Å². The Bertz CT molecular complexity index is 587. The van der Waals surface area contributed by atoms with Crippen molar-refractivity contribution >= 4 is 16.6 Å². The van der Waals surface area contributed by atoms with Crippen molar-refractivity contribution in [1.29, 1.82) is 0 Å². The quantitative estimate of drug-likeness (QED) is 0.818. The number of fused-ring (bicyclic) bond motifs is 1. The molecule has 3 nitrogen and oxygen atoms in total. The fourth-order valence-corrected chi connectivity index (χ4v) is 2.66. The van der Waals surface area contributed by atoms with Gasteiger partial charge in [-0.2, -0.15) is 0 Å². The van der Waals surface area contributed by atoms with Crippen molar-refractivity contribution in [2.75, 3.05) is 6.54 Å². The number of nitrogens with two attached hydrogens (primary N) is 1. The van der Waals surface area contributed by atoms with Crippen molar-refractivity contribution < 1.29 is 4.79 Å². The van der Waals surface area contributed by atoms with Crippen LogP contribution in [-0.2, 0) is 0 Å². The van der Waals surface area contributed by atoms with Gasteiger partial charge in [0.25, 0.3) is 0 Å². The number of rotatable bonds is 6. The second kappa shape index (κ2) is 6.62. The van der Waals surface area contributed by atoms with Gasteiger partial charge in [0.15, 0.2) is 5.78 Å². The molecule has 1 aromatic heterocycles. The number of aromatic nitrogens is 1. The van der Waals surface area contributed by atoms with Gasteiger partial charge in [-0.1, -0.05) is 32.0 Å². The third-order valence-electron chi connectivity index (χ3n) is 3.60. The number of carbonyl (C=O) groups is 1. The molecule has 0 aliphatic rings. The predicted octanol–water partition coefficient (Wildman–Crippen LogP) is 3.43. The molecule has 0 aliphatic heterocycles. The second-order valence-electron chi connectivity index (χ2n) is 5.76. The van der Waals surface area contributed by atoms with Gasteiger partial charge in [0.1, 0.15) is 0 Å². The molecule has 2 rings (SSSR count). The lowest BCUT2D eigenvalue weighted by molar-refractivity contribution is 0.0959. The number of Topliss-reactive ketones (excluding diaryl/α,β-unsaturated/α-hetero) is 1. The van der Waals surface area contributed by atoms with Gasteiger partial charge >= 0.3 is 0 Å². The standard InChI is InChI=1S/C17H22N2O/c1-12(2)8-13(10-18)9-17(20)15-5-3-4-14-6-7-19-11-16(14)15/h3-7,11-13H,8-10,18H2,1-2H3. The number of benzene rings is 1. The van der Waals surface area contributed by atoms with Gasteiger partial charge in [0.2, 0.25) is 0 Å².